The lowest BCUT2D eigenvalue weighted by Gasteiger charge is -2.31. The fraction of sp³-hybridized carbons (Fsp3) is 0.600. The second-order valence-electron chi connectivity index (χ2n) is 5.49. The van der Waals surface area contributed by atoms with Crippen LogP contribution in [0.4, 0.5) is 10.1 Å². The van der Waals surface area contributed by atoms with Gasteiger partial charge in [-0.3, -0.25) is 0 Å². The maximum atomic E-state index is 13.7. The lowest BCUT2D eigenvalue weighted by Crippen LogP contribution is -2.37. The Bertz CT molecular complexity index is 462. The summed E-state index contributed by atoms with van der Waals surface area (Å²) in [5.74, 6) is -0.194. The first kappa shape index (κ1) is 14.3. The predicted octanol–water partition coefficient (Wildman–Crippen LogP) is 2.77. The second kappa shape index (κ2) is 5.47. The van der Waals surface area contributed by atoms with Crippen molar-refractivity contribution in [2.24, 2.45) is 5.73 Å². The molecule has 0 bridgehead atoms. The number of ether oxygens (including phenoxy) is 1. The molecule has 0 saturated carbocycles. The van der Waals surface area contributed by atoms with Crippen LogP contribution in [-0.2, 0) is 4.74 Å². The Hall–Kier alpha value is -1.13. The number of halogens is 1. The lowest BCUT2D eigenvalue weighted by molar-refractivity contribution is 0.118. The number of benzene rings is 1. The van der Waals surface area contributed by atoms with E-state index in [0.29, 0.717) is 11.6 Å². The lowest BCUT2D eigenvalue weighted by atomic mass is 10.0. The molecule has 1 aliphatic heterocycles. The van der Waals surface area contributed by atoms with Crippen LogP contribution in [0.1, 0.15) is 37.4 Å². The van der Waals surface area contributed by atoms with E-state index in [1.54, 1.807) is 13.0 Å². The Kier molecular flexibility index (Phi) is 4.11. The molecule has 0 amide bonds. The zero-order valence-electron chi connectivity index (χ0n) is 12.1. The van der Waals surface area contributed by atoms with E-state index >= 15 is 0 Å². The van der Waals surface area contributed by atoms with Crippen LogP contribution >= 0.6 is 0 Å². The molecule has 1 aliphatic rings. The Labute approximate surface area is 114 Å². The highest BCUT2D eigenvalue weighted by molar-refractivity contribution is 5.57. The summed E-state index contributed by atoms with van der Waals surface area (Å²) in [5.41, 5.74) is 8.49. The van der Waals surface area contributed by atoms with E-state index in [1.165, 1.54) is 0 Å². The summed E-state index contributed by atoms with van der Waals surface area (Å²) in [6, 6.07) is 3.58. The zero-order valence-corrected chi connectivity index (χ0v) is 12.1. The first-order valence-electron chi connectivity index (χ1n) is 6.82. The third-order valence-electron chi connectivity index (χ3n) is 4.01. The summed E-state index contributed by atoms with van der Waals surface area (Å²) in [6.45, 7) is 6.53. The Morgan fingerprint density at radius 1 is 1.47 bits per heavy atom. The number of nitrogens with two attached hydrogens (primary N) is 1. The topological polar surface area (TPSA) is 38.5 Å². The van der Waals surface area contributed by atoms with Crippen LogP contribution in [0, 0.1) is 12.7 Å². The molecule has 2 unspecified atom stereocenters. The molecule has 0 aromatic heterocycles. The molecule has 3 atom stereocenters. The van der Waals surface area contributed by atoms with Crippen LogP contribution in [0.3, 0.4) is 0 Å². The number of hydrogen-bond donors (Lipinski definition) is 1. The van der Waals surface area contributed by atoms with E-state index in [4.69, 9.17) is 10.5 Å². The van der Waals surface area contributed by atoms with Crippen LogP contribution in [0.25, 0.3) is 0 Å². The third-order valence-corrected chi connectivity index (χ3v) is 4.01. The third kappa shape index (κ3) is 2.74. The number of hydrogen-bond acceptors (Lipinski definition) is 3. The van der Waals surface area contributed by atoms with Gasteiger partial charge in [-0.1, -0.05) is 0 Å². The van der Waals surface area contributed by atoms with Gasteiger partial charge in [0.25, 0.3) is 0 Å². The summed E-state index contributed by atoms with van der Waals surface area (Å²) in [7, 11) is 2.04. The van der Waals surface area contributed by atoms with E-state index in [9.17, 15) is 4.39 Å². The van der Waals surface area contributed by atoms with Gasteiger partial charge in [-0.15, -0.1) is 0 Å². The smallest absolute Gasteiger partial charge is 0.126 e. The summed E-state index contributed by atoms with van der Waals surface area (Å²) >= 11 is 0. The molecule has 106 valence electrons. The second-order valence-corrected chi connectivity index (χ2v) is 5.49. The Morgan fingerprint density at radius 3 is 2.68 bits per heavy atom. The predicted molar refractivity (Wildman–Crippen MR) is 76.0 cm³/mol. The van der Waals surface area contributed by atoms with Crippen molar-refractivity contribution in [3.63, 3.8) is 0 Å². The monoisotopic (exact) mass is 266 g/mol. The molecule has 1 aromatic rings. The fourth-order valence-electron chi connectivity index (χ4n) is 2.76. The fourth-order valence-corrected chi connectivity index (χ4v) is 2.76. The first-order valence-corrected chi connectivity index (χ1v) is 6.82. The molecule has 0 spiro atoms. The van der Waals surface area contributed by atoms with Crippen molar-refractivity contribution in [2.75, 3.05) is 18.6 Å². The maximum Gasteiger partial charge on any atom is 0.126 e. The van der Waals surface area contributed by atoms with Crippen molar-refractivity contribution in [1.82, 2.24) is 0 Å². The summed E-state index contributed by atoms with van der Waals surface area (Å²) in [4.78, 5) is 2.18. The van der Waals surface area contributed by atoms with Crippen LogP contribution in [-0.4, -0.2) is 25.8 Å². The largest absolute Gasteiger partial charge is 0.376 e. The molecule has 1 fully saturated rings. The Morgan fingerprint density at radius 2 is 2.16 bits per heavy atom. The Balaban J connectivity index is 2.39. The van der Waals surface area contributed by atoms with Gasteiger partial charge in [0.1, 0.15) is 5.82 Å². The van der Waals surface area contributed by atoms with Crippen LogP contribution in [0.2, 0.25) is 0 Å². The van der Waals surface area contributed by atoms with E-state index in [-0.39, 0.29) is 18.0 Å². The molecule has 4 heteroatoms. The van der Waals surface area contributed by atoms with Gasteiger partial charge in [-0.05, 0) is 50.5 Å². The maximum absolute atomic E-state index is 13.7. The van der Waals surface area contributed by atoms with Gasteiger partial charge >= 0.3 is 0 Å². The highest BCUT2D eigenvalue weighted by atomic mass is 19.1. The molecular formula is C15H23FN2O. The number of aryl methyl sites for hydroxylation is 1. The first-order chi connectivity index (χ1) is 8.91. The van der Waals surface area contributed by atoms with Crippen LogP contribution in [0.15, 0.2) is 12.1 Å². The van der Waals surface area contributed by atoms with E-state index in [0.717, 1.165) is 24.3 Å². The van der Waals surface area contributed by atoms with Crippen LogP contribution < -0.4 is 10.6 Å². The number of anilines is 1. The molecule has 2 rings (SSSR count). The highest BCUT2D eigenvalue weighted by Gasteiger charge is 2.29. The molecule has 3 nitrogen and oxygen atoms in total. The van der Waals surface area contributed by atoms with Gasteiger partial charge in [0.15, 0.2) is 0 Å². The van der Waals surface area contributed by atoms with Crippen molar-refractivity contribution in [1.29, 1.82) is 0 Å². The molecular weight excluding hydrogens is 243 g/mol. The van der Waals surface area contributed by atoms with Gasteiger partial charge in [-0.2, -0.15) is 0 Å². The molecule has 1 heterocycles. The van der Waals surface area contributed by atoms with Crippen molar-refractivity contribution in [2.45, 2.75) is 45.4 Å². The number of nitrogens with zero attached hydrogens (tertiary/aromatic N) is 1. The number of likely N-dealkylation sites (N-methyl/N-ethyl adjacent to an activating group) is 1. The van der Waals surface area contributed by atoms with E-state index in [1.807, 2.05) is 20.0 Å². The summed E-state index contributed by atoms with van der Waals surface area (Å²) in [6.07, 6.45) is 1.18. The molecule has 1 aromatic carbocycles. The van der Waals surface area contributed by atoms with E-state index in [2.05, 4.69) is 11.8 Å². The van der Waals surface area contributed by atoms with Crippen molar-refractivity contribution >= 4 is 5.69 Å². The van der Waals surface area contributed by atoms with Gasteiger partial charge < -0.3 is 15.4 Å². The zero-order chi connectivity index (χ0) is 14.2. The minimum Gasteiger partial charge on any atom is -0.376 e. The van der Waals surface area contributed by atoms with Crippen molar-refractivity contribution < 1.29 is 9.13 Å². The average Bonchev–Trinajstić information content (AvgIpc) is 2.77. The highest BCUT2D eigenvalue weighted by Crippen LogP contribution is 2.31. The van der Waals surface area contributed by atoms with Gasteiger partial charge in [-0.25, -0.2) is 4.39 Å². The minimum absolute atomic E-state index is 0.190. The number of rotatable bonds is 3. The van der Waals surface area contributed by atoms with Gasteiger partial charge in [0.05, 0.1) is 12.1 Å². The van der Waals surface area contributed by atoms with Crippen molar-refractivity contribution in [3.05, 3.63) is 29.1 Å². The normalized spacial score (nSPS) is 24.5. The van der Waals surface area contributed by atoms with E-state index < -0.39 is 0 Å². The minimum atomic E-state index is -0.194. The molecule has 19 heavy (non-hydrogen) atoms. The molecule has 0 aliphatic carbocycles. The molecule has 2 N–H and O–H groups in total. The summed E-state index contributed by atoms with van der Waals surface area (Å²) in [5, 5.41) is 0. The SMILES string of the molecule is Cc1cc(N(C)C2CCOC2C)c([C@H](C)N)cc1F. The average molecular weight is 266 g/mol. The molecule has 0 radical (unpaired) electrons. The summed E-state index contributed by atoms with van der Waals surface area (Å²) < 4.78 is 19.4. The van der Waals surface area contributed by atoms with Gasteiger partial charge in [0, 0.05) is 25.4 Å². The van der Waals surface area contributed by atoms with Crippen LogP contribution in [0.5, 0.6) is 0 Å². The molecule has 1 saturated heterocycles. The quantitative estimate of drug-likeness (QED) is 0.914. The standard InChI is InChI=1S/C15H23FN2O/c1-9-7-15(12(10(2)17)8-13(9)16)18(4)14-5-6-19-11(14)3/h7-8,10-11,14H,5-6,17H2,1-4H3/t10-,11?,14?/m0/s1. The van der Waals surface area contributed by atoms with Gasteiger partial charge in [0.2, 0.25) is 0 Å². The van der Waals surface area contributed by atoms with Crippen molar-refractivity contribution in [3.8, 4) is 0 Å².